The number of imidazole rings is 1. The van der Waals surface area contributed by atoms with Gasteiger partial charge in [-0.05, 0) is 25.7 Å². The molecule has 4 heteroatoms. The Balaban J connectivity index is 1.89. The van der Waals surface area contributed by atoms with Crippen LogP contribution in [0.3, 0.4) is 0 Å². The Morgan fingerprint density at radius 1 is 1.62 bits per heavy atom. The third-order valence-corrected chi connectivity index (χ3v) is 3.70. The van der Waals surface area contributed by atoms with Crippen LogP contribution in [0.15, 0.2) is 12.4 Å². The first-order valence-electron chi connectivity index (χ1n) is 5.92. The Morgan fingerprint density at radius 2 is 2.38 bits per heavy atom. The van der Waals surface area contributed by atoms with Gasteiger partial charge in [-0.1, -0.05) is 0 Å². The topological polar surface area (TPSA) is 53.1 Å². The van der Waals surface area contributed by atoms with Gasteiger partial charge < -0.3 is 15.0 Å². The van der Waals surface area contributed by atoms with Gasteiger partial charge in [0.15, 0.2) is 0 Å². The minimum Gasteiger partial charge on any atom is -0.378 e. The molecule has 4 nitrogen and oxygen atoms in total. The number of rotatable bonds is 5. The van der Waals surface area contributed by atoms with Gasteiger partial charge in [0.05, 0.1) is 5.60 Å². The van der Waals surface area contributed by atoms with E-state index in [2.05, 4.69) is 4.98 Å². The number of aryl methyl sites for hydroxylation is 1. The molecule has 2 N–H and O–H groups in total. The Kier molecular flexibility index (Phi) is 3.30. The molecule has 0 saturated heterocycles. The first-order chi connectivity index (χ1) is 7.65. The molecule has 1 aromatic heterocycles. The van der Waals surface area contributed by atoms with Crippen LogP contribution >= 0.6 is 0 Å². The maximum absolute atomic E-state index is 6.17. The first-order valence-corrected chi connectivity index (χ1v) is 5.92. The summed E-state index contributed by atoms with van der Waals surface area (Å²) in [6, 6.07) is 0.140. The van der Waals surface area contributed by atoms with Crippen molar-refractivity contribution < 1.29 is 4.74 Å². The molecule has 1 saturated carbocycles. The quantitative estimate of drug-likeness (QED) is 0.817. The van der Waals surface area contributed by atoms with E-state index in [-0.39, 0.29) is 11.6 Å². The highest BCUT2D eigenvalue weighted by Gasteiger charge is 2.38. The highest BCUT2D eigenvalue weighted by atomic mass is 16.5. The second-order valence-corrected chi connectivity index (χ2v) is 4.86. The highest BCUT2D eigenvalue weighted by Crippen LogP contribution is 2.38. The number of hydrogen-bond acceptors (Lipinski definition) is 3. The van der Waals surface area contributed by atoms with Gasteiger partial charge >= 0.3 is 0 Å². The van der Waals surface area contributed by atoms with Crippen LogP contribution in [-0.4, -0.2) is 28.3 Å². The zero-order valence-electron chi connectivity index (χ0n) is 10.1. The lowest BCUT2D eigenvalue weighted by Gasteiger charge is -2.42. The van der Waals surface area contributed by atoms with E-state index in [1.54, 1.807) is 7.11 Å². The maximum atomic E-state index is 6.17. The standard InChI is InChI=1S/C12H21N3O/c1-15-7-6-14-11(15)8-10(13)9-12(16-2)4-3-5-12/h6-7,10H,3-5,8-9,13H2,1-2H3. The van der Waals surface area contributed by atoms with Crippen molar-refractivity contribution in [3.8, 4) is 0 Å². The smallest absolute Gasteiger partial charge is 0.109 e. The fourth-order valence-corrected chi connectivity index (χ4v) is 2.44. The zero-order chi connectivity index (χ0) is 11.6. The summed E-state index contributed by atoms with van der Waals surface area (Å²) in [5.74, 6) is 1.05. The number of methoxy groups -OCH3 is 1. The van der Waals surface area contributed by atoms with Crippen molar-refractivity contribution in [3.05, 3.63) is 18.2 Å². The van der Waals surface area contributed by atoms with Crippen molar-refractivity contribution in [2.24, 2.45) is 12.8 Å². The molecule has 2 rings (SSSR count). The van der Waals surface area contributed by atoms with Crippen molar-refractivity contribution in [2.75, 3.05) is 7.11 Å². The molecule has 1 atom stereocenters. The van der Waals surface area contributed by atoms with E-state index in [9.17, 15) is 0 Å². The van der Waals surface area contributed by atoms with Crippen molar-refractivity contribution in [3.63, 3.8) is 0 Å². The number of aromatic nitrogens is 2. The molecule has 90 valence electrons. The van der Waals surface area contributed by atoms with Gasteiger partial charge in [-0.15, -0.1) is 0 Å². The van der Waals surface area contributed by atoms with Crippen LogP contribution in [0.5, 0.6) is 0 Å². The average molecular weight is 223 g/mol. The third-order valence-electron chi connectivity index (χ3n) is 3.70. The normalized spacial score (nSPS) is 20.4. The zero-order valence-corrected chi connectivity index (χ0v) is 10.1. The van der Waals surface area contributed by atoms with Gasteiger partial charge in [-0.2, -0.15) is 0 Å². The van der Waals surface area contributed by atoms with Gasteiger partial charge in [0, 0.05) is 39.0 Å². The number of nitrogens with two attached hydrogens (primary N) is 1. The van der Waals surface area contributed by atoms with Crippen LogP contribution in [0.1, 0.15) is 31.5 Å². The van der Waals surface area contributed by atoms with Gasteiger partial charge in [0.2, 0.25) is 0 Å². The van der Waals surface area contributed by atoms with Crippen LogP contribution < -0.4 is 5.73 Å². The van der Waals surface area contributed by atoms with E-state index >= 15 is 0 Å². The molecular formula is C12H21N3O. The van der Waals surface area contributed by atoms with Gasteiger partial charge in [-0.3, -0.25) is 0 Å². The summed E-state index contributed by atoms with van der Waals surface area (Å²) in [4.78, 5) is 4.30. The molecule has 1 aliphatic carbocycles. The molecule has 0 aliphatic heterocycles. The predicted molar refractivity (Wildman–Crippen MR) is 63.1 cm³/mol. The lowest BCUT2D eigenvalue weighted by atomic mass is 9.75. The summed E-state index contributed by atoms with van der Waals surface area (Å²) in [6.45, 7) is 0. The van der Waals surface area contributed by atoms with E-state index in [4.69, 9.17) is 10.5 Å². The van der Waals surface area contributed by atoms with Crippen LogP contribution in [0.25, 0.3) is 0 Å². The van der Waals surface area contributed by atoms with Crippen LogP contribution in [0, 0.1) is 0 Å². The Hall–Kier alpha value is -0.870. The largest absolute Gasteiger partial charge is 0.378 e. The molecule has 16 heavy (non-hydrogen) atoms. The molecule has 0 bridgehead atoms. The Labute approximate surface area is 96.8 Å². The molecule has 1 fully saturated rings. The van der Waals surface area contributed by atoms with Gasteiger partial charge in [-0.25, -0.2) is 4.98 Å². The van der Waals surface area contributed by atoms with Crippen LogP contribution in [0.4, 0.5) is 0 Å². The second-order valence-electron chi connectivity index (χ2n) is 4.86. The summed E-state index contributed by atoms with van der Waals surface area (Å²) in [5.41, 5.74) is 6.23. The fraction of sp³-hybridized carbons (Fsp3) is 0.750. The molecule has 0 radical (unpaired) electrons. The molecule has 0 amide bonds. The Morgan fingerprint density at radius 3 is 2.81 bits per heavy atom. The minimum absolute atomic E-state index is 0.0601. The maximum Gasteiger partial charge on any atom is 0.109 e. The van der Waals surface area contributed by atoms with E-state index in [0.29, 0.717) is 0 Å². The molecule has 1 aromatic rings. The number of hydrogen-bond donors (Lipinski definition) is 1. The van der Waals surface area contributed by atoms with Crippen molar-refractivity contribution >= 4 is 0 Å². The van der Waals surface area contributed by atoms with E-state index in [1.165, 1.54) is 6.42 Å². The second kappa shape index (κ2) is 4.55. The molecule has 1 unspecified atom stereocenters. The molecule has 0 aromatic carbocycles. The van der Waals surface area contributed by atoms with Crippen molar-refractivity contribution in [2.45, 2.75) is 43.7 Å². The predicted octanol–water partition coefficient (Wildman–Crippen LogP) is 1.25. The lowest BCUT2D eigenvalue weighted by molar-refractivity contribution is -0.0814. The molecule has 1 heterocycles. The van der Waals surface area contributed by atoms with Crippen LogP contribution in [-0.2, 0) is 18.2 Å². The summed E-state index contributed by atoms with van der Waals surface area (Å²) >= 11 is 0. The first kappa shape index (κ1) is 11.6. The molecule has 0 spiro atoms. The fourth-order valence-electron chi connectivity index (χ4n) is 2.44. The van der Waals surface area contributed by atoms with Crippen molar-refractivity contribution in [1.82, 2.24) is 9.55 Å². The molecule has 1 aliphatic rings. The van der Waals surface area contributed by atoms with E-state index < -0.39 is 0 Å². The summed E-state index contributed by atoms with van der Waals surface area (Å²) < 4.78 is 7.61. The monoisotopic (exact) mass is 223 g/mol. The highest BCUT2D eigenvalue weighted by molar-refractivity contribution is 4.98. The number of ether oxygens (including phenoxy) is 1. The average Bonchev–Trinajstić information content (AvgIpc) is 2.58. The van der Waals surface area contributed by atoms with Gasteiger partial charge in [0.25, 0.3) is 0 Å². The Bertz CT molecular complexity index is 338. The van der Waals surface area contributed by atoms with E-state index in [1.807, 2.05) is 24.0 Å². The van der Waals surface area contributed by atoms with Gasteiger partial charge in [0.1, 0.15) is 5.82 Å². The molecular weight excluding hydrogens is 202 g/mol. The third kappa shape index (κ3) is 2.28. The summed E-state index contributed by atoms with van der Waals surface area (Å²) in [5, 5.41) is 0. The minimum atomic E-state index is 0.0601. The summed E-state index contributed by atoms with van der Waals surface area (Å²) in [7, 11) is 3.80. The van der Waals surface area contributed by atoms with Crippen LogP contribution in [0.2, 0.25) is 0 Å². The lowest BCUT2D eigenvalue weighted by Crippen LogP contribution is -2.45. The van der Waals surface area contributed by atoms with Crippen molar-refractivity contribution in [1.29, 1.82) is 0 Å². The SMILES string of the molecule is COC1(CC(N)Cc2nccn2C)CCC1. The van der Waals surface area contributed by atoms with E-state index in [0.717, 1.165) is 31.5 Å². The summed E-state index contributed by atoms with van der Waals surface area (Å²) in [6.07, 6.45) is 9.11. The number of nitrogens with zero attached hydrogens (tertiary/aromatic N) is 2.